The number of aryl methyl sites for hydroxylation is 2. The fourth-order valence-electron chi connectivity index (χ4n) is 2.97. The van der Waals surface area contributed by atoms with Crippen LogP contribution in [0.2, 0.25) is 0 Å². The van der Waals surface area contributed by atoms with Gasteiger partial charge in [0.1, 0.15) is 16.8 Å². The van der Waals surface area contributed by atoms with Crippen LogP contribution in [0, 0.1) is 6.92 Å². The molecule has 132 valence electrons. The van der Waals surface area contributed by atoms with Crippen LogP contribution in [-0.2, 0) is 17.9 Å². The first-order valence-electron chi connectivity index (χ1n) is 8.38. The molecule has 1 amide bonds. The van der Waals surface area contributed by atoms with Crippen molar-refractivity contribution in [3.63, 3.8) is 0 Å². The second-order valence-electron chi connectivity index (χ2n) is 6.25. The molecule has 0 fully saturated rings. The third-order valence-corrected chi connectivity index (χ3v) is 4.35. The number of amides is 1. The highest BCUT2D eigenvalue weighted by molar-refractivity contribution is 6.04. The number of rotatable bonds is 5. The Morgan fingerprint density at radius 3 is 3.04 bits per heavy atom. The van der Waals surface area contributed by atoms with Crippen LogP contribution in [0.4, 0.5) is 0 Å². The molecule has 0 saturated carbocycles. The van der Waals surface area contributed by atoms with Crippen molar-refractivity contribution in [3.8, 4) is 0 Å². The van der Waals surface area contributed by atoms with Gasteiger partial charge in [0.15, 0.2) is 0 Å². The maximum absolute atomic E-state index is 12.7. The second-order valence-corrected chi connectivity index (χ2v) is 6.25. The minimum Gasteiger partial charge on any atom is -0.467 e. The van der Waals surface area contributed by atoms with E-state index in [1.807, 2.05) is 25.1 Å². The largest absolute Gasteiger partial charge is 0.467 e. The Morgan fingerprint density at radius 1 is 1.35 bits per heavy atom. The van der Waals surface area contributed by atoms with Crippen molar-refractivity contribution >= 4 is 27.8 Å². The van der Waals surface area contributed by atoms with Gasteiger partial charge < -0.3 is 14.7 Å². The monoisotopic (exact) mass is 350 g/mol. The number of benzene rings is 1. The zero-order chi connectivity index (χ0) is 18.1. The van der Waals surface area contributed by atoms with Crippen LogP contribution in [-0.4, -0.2) is 20.4 Å². The molecule has 0 aliphatic heterocycles. The van der Waals surface area contributed by atoms with Gasteiger partial charge in [-0.3, -0.25) is 14.2 Å². The normalized spacial score (nSPS) is 11.3. The highest BCUT2D eigenvalue weighted by Crippen LogP contribution is 2.22. The zero-order valence-electron chi connectivity index (χ0n) is 14.3. The van der Waals surface area contributed by atoms with E-state index in [1.165, 1.54) is 10.9 Å². The number of carbonyl (C=O) groups is 1. The average Bonchev–Trinajstić information content (AvgIpc) is 3.27. The molecule has 0 aliphatic carbocycles. The lowest BCUT2D eigenvalue weighted by atomic mass is 10.2. The van der Waals surface area contributed by atoms with E-state index in [1.54, 1.807) is 18.4 Å². The van der Waals surface area contributed by atoms with Gasteiger partial charge in [-0.2, -0.15) is 0 Å². The van der Waals surface area contributed by atoms with Crippen LogP contribution in [0.3, 0.4) is 0 Å². The van der Waals surface area contributed by atoms with Gasteiger partial charge in [0.05, 0.1) is 19.1 Å². The standard InChI is InChI=1S/C19H18N4O3/c1-12-4-5-15-14(9-12)17-18(22-15)19(25)23(11-21-17)7-6-16(24)20-10-13-3-2-8-26-13/h2-5,8-9,11,22H,6-7,10H2,1H3,(H,20,24). The summed E-state index contributed by atoms with van der Waals surface area (Å²) in [5.41, 5.74) is 2.93. The Hall–Kier alpha value is -3.35. The third-order valence-electron chi connectivity index (χ3n) is 4.35. The van der Waals surface area contributed by atoms with E-state index in [9.17, 15) is 9.59 Å². The molecule has 4 rings (SSSR count). The Kier molecular flexibility index (Phi) is 4.04. The number of H-pyrrole nitrogens is 1. The van der Waals surface area contributed by atoms with E-state index in [0.29, 0.717) is 23.3 Å². The van der Waals surface area contributed by atoms with Gasteiger partial charge in [-0.25, -0.2) is 4.98 Å². The van der Waals surface area contributed by atoms with E-state index in [0.717, 1.165) is 16.5 Å². The summed E-state index contributed by atoms with van der Waals surface area (Å²) in [7, 11) is 0. The van der Waals surface area contributed by atoms with Crippen LogP contribution in [0.5, 0.6) is 0 Å². The zero-order valence-corrected chi connectivity index (χ0v) is 14.3. The summed E-state index contributed by atoms with van der Waals surface area (Å²) in [6.07, 6.45) is 3.25. The number of nitrogens with one attached hydrogen (secondary N) is 2. The molecule has 4 aromatic rings. The lowest BCUT2D eigenvalue weighted by Gasteiger charge is -2.06. The fraction of sp³-hybridized carbons (Fsp3) is 0.211. The molecule has 2 N–H and O–H groups in total. The molecular weight excluding hydrogens is 332 g/mol. The highest BCUT2D eigenvalue weighted by atomic mass is 16.3. The number of hydrogen-bond donors (Lipinski definition) is 2. The Morgan fingerprint density at radius 2 is 2.23 bits per heavy atom. The summed E-state index contributed by atoms with van der Waals surface area (Å²) in [6, 6.07) is 9.49. The number of nitrogens with zero attached hydrogens (tertiary/aromatic N) is 2. The maximum Gasteiger partial charge on any atom is 0.277 e. The number of furan rings is 1. The molecule has 3 aromatic heterocycles. The fourth-order valence-corrected chi connectivity index (χ4v) is 2.97. The quantitative estimate of drug-likeness (QED) is 0.578. The molecule has 0 atom stereocenters. The Labute approximate surface area is 148 Å². The van der Waals surface area contributed by atoms with Crippen molar-refractivity contribution in [1.82, 2.24) is 19.9 Å². The summed E-state index contributed by atoms with van der Waals surface area (Å²) < 4.78 is 6.62. The minimum atomic E-state index is -0.178. The van der Waals surface area contributed by atoms with Crippen LogP contribution in [0.1, 0.15) is 17.7 Å². The second kappa shape index (κ2) is 6.51. The molecule has 1 aromatic carbocycles. The van der Waals surface area contributed by atoms with Crippen LogP contribution in [0.15, 0.2) is 52.1 Å². The number of hydrogen-bond acceptors (Lipinski definition) is 4. The van der Waals surface area contributed by atoms with Gasteiger partial charge in [-0.15, -0.1) is 0 Å². The van der Waals surface area contributed by atoms with Crippen molar-refractivity contribution in [1.29, 1.82) is 0 Å². The Bertz CT molecular complexity index is 1140. The predicted octanol–water partition coefficient (Wildman–Crippen LogP) is 2.49. The van der Waals surface area contributed by atoms with E-state index in [2.05, 4.69) is 15.3 Å². The van der Waals surface area contributed by atoms with Crippen LogP contribution >= 0.6 is 0 Å². The molecule has 7 nitrogen and oxygen atoms in total. The molecule has 7 heteroatoms. The number of fused-ring (bicyclic) bond motifs is 3. The lowest BCUT2D eigenvalue weighted by molar-refractivity contribution is -0.121. The summed E-state index contributed by atoms with van der Waals surface area (Å²) >= 11 is 0. The SMILES string of the molecule is Cc1ccc2[nH]c3c(=O)n(CCC(=O)NCc4ccco4)cnc3c2c1. The summed E-state index contributed by atoms with van der Waals surface area (Å²) in [5, 5.41) is 3.69. The number of aromatic amines is 1. The molecular formula is C19H18N4O3. The Balaban J connectivity index is 1.51. The molecule has 0 saturated heterocycles. The summed E-state index contributed by atoms with van der Waals surface area (Å²) in [6.45, 7) is 2.60. The maximum atomic E-state index is 12.7. The minimum absolute atomic E-state index is 0.152. The van der Waals surface area contributed by atoms with Gasteiger partial charge >= 0.3 is 0 Å². The van der Waals surface area contributed by atoms with Crippen LogP contribution in [0.25, 0.3) is 21.9 Å². The van der Waals surface area contributed by atoms with Crippen molar-refractivity contribution in [2.75, 3.05) is 0 Å². The first-order valence-corrected chi connectivity index (χ1v) is 8.38. The van der Waals surface area contributed by atoms with Crippen molar-refractivity contribution in [3.05, 3.63) is 64.6 Å². The van der Waals surface area contributed by atoms with E-state index < -0.39 is 0 Å². The van der Waals surface area contributed by atoms with Gasteiger partial charge in [0.25, 0.3) is 5.56 Å². The number of aromatic nitrogens is 3. The average molecular weight is 350 g/mol. The smallest absolute Gasteiger partial charge is 0.277 e. The highest BCUT2D eigenvalue weighted by Gasteiger charge is 2.12. The third kappa shape index (κ3) is 2.99. The van der Waals surface area contributed by atoms with Gasteiger partial charge in [-0.1, -0.05) is 11.6 Å². The molecule has 0 unspecified atom stereocenters. The van der Waals surface area contributed by atoms with Gasteiger partial charge in [-0.05, 0) is 31.2 Å². The summed E-state index contributed by atoms with van der Waals surface area (Å²) in [5.74, 6) is 0.535. The van der Waals surface area contributed by atoms with Crippen molar-refractivity contribution in [2.24, 2.45) is 0 Å². The van der Waals surface area contributed by atoms with E-state index >= 15 is 0 Å². The summed E-state index contributed by atoms with van der Waals surface area (Å²) in [4.78, 5) is 32.2. The van der Waals surface area contributed by atoms with Gasteiger partial charge in [0, 0.05) is 23.9 Å². The first-order chi connectivity index (χ1) is 12.6. The van der Waals surface area contributed by atoms with E-state index in [-0.39, 0.29) is 24.4 Å². The van der Waals surface area contributed by atoms with Crippen molar-refractivity contribution in [2.45, 2.75) is 26.4 Å². The molecule has 26 heavy (non-hydrogen) atoms. The molecule has 3 heterocycles. The van der Waals surface area contributed by atoms with Crippen LogP contribution < -0.4 is 10.9 Å². The number of carbonyl (C=O) groups excluding carboxylic acids is 1. The van der Waals surface area contributed by atoms with Crippen molar-refractivity contribution < 1.29 is 9.21 Å². The molecule has 0 bridgehead atoms. The molecule has 0 spiro atoms. The molecule has 0 aliphatic rings. The topological polar surface area (TPSA) is 92.9 Å². The van der Waals surface area contributed by atoms with Gasteiger partial charge in [0.2, 0.25) is 5.91 Å². The molecule has 0 radical (unpaired) electrons. The lowest BCUT2D eigenvalue weighted by Crippen LogP contribution is -2.27. The van der Waals surface area contributed by atoms with E-state index in [4.69, 9.17) is 4.42 Å². The first kappa shape index (κ1) is 16.1. The predicted molar refractivity (Wildman–Crippen MR) is 97.8 cm³/mol.